The second-order valence-corrected chi connectivity index (χ2v) is 9.74. The van der Waals surface area contributed by atoms with Gasteiger partial charge in [-0.25, -0.2) is 4.99 Å². The number of nitrogens with zero attached hydrogens (tertiary/aromatic N) is 3. The van der Waals surface area contributed by atoms with Crippen molar-refractivity contribution < 1.29 is 19.2 Å². The molecule has 9 nitrogen and oxygen atoms in total. The van der Waals surface area contributed by atoms with E-state index in [2.05, 4.69) is 4.99 Å². The van der Waals surface area contributed by atoms with Crippen LogP contribution >= 0.6 is 11.3 Å². The van der Waals surface area contributed by atoms with Gasteiger partial charge in [-0.2, -0.15) is 0 Å². The third kappa shape index (κ3) is 4.08. The summed E-state index contributed by atoms with van der Waals surface area (Å²) >= 11 is 1.16. The van der Waals surface area contributed by atoms with Crippen LogP contribution in [0, 0.1) is 10.1 Å². The number of Topliss-reactive ketones (excluding diaryl/α,β-unsaturated/α-hetero) is 1. The Morgan fingerprint density at radius 1 is 1.11 bits per heavy atom. The molecule has 1 unspecified atom stereocenters. The molecule has 0 radical (unpaired) electrons. The second-order valence-electron chi connectivity index (χ2n) is 8.73. The van der Waals surface area contributed by atoms with Gasteiger partial charge >= 0.3 is 5.69 Å². The van der Waals surface area contributed by atoms with Crippen LogP contribution in [0.5, 0.6) is 11.5 Å². The molecule has 1 atom stereocenters. The van der Waals surface area contributed by atoms with E-state index in [4.69, 9.17) is 9.47 Å². The summed E-state index contributed by atoms with van der Waals surface area (Å²) in [6, 6.07) is 15.2. The van der Waals surface area contributed by atoms with Crippen LogP contribution in [-0.4, -0.2) is 29.5 Å². The number of ether oxygens (including phenoxy) is 2. The van der Waals surface area contributed by atoms with Gasteiger partial charge in [-0.1, -0.05) is 47.7 Å². The molecular formula is C28H23N3O6S. The number of rotatable bonds is 6. The normalized spacial score (nSPS) is 15.3. The van der Waals surface area contributed by atoms with E-state index in [1.54, 1.807) is 26.2 Å². The third-order valence-electron chi connectivity index (χ3n) is 6.52. The summed E-state index contributed by atoms with van der Waals surface area (Å²) in [7, 11) is 2.91. The molecule has 1 aromatic heterocycles. The van der Waals surface area contributed by atoms with Crippen LogP contribution in [0.2, 0.25) is 0 Å². The number of hydrogen-bond donors (Lipinski definition) is 0. The number of ketones is 1. The zero-order valence-electron chi connectivity index (χ0n) is 21.1. The van der Waals surface area contributed by atoms with Crippen molar-refractivity contribution in [3.05, 3.63) is 107 Å². The summed E-state index contributed by atoms with van der Waals surface area (Å²) in [4.78, 5) is 42.9. The summed E-state index contributed by atoms with van der Waals surface area (Å²) in [5, 5.41) is 13.3. The van der Waals surface area contributed by atoms with E-state index in [1.807, 2.05) is 36.4 Å². The van der Waals surface area contributed by atoms with Crippen molar-refractivity contribution in [3.63, 3.8) is 0 Å². The maximum atomic E-state index is 13.9. The fraction of sp³-hybridized carbons (Fsp3) is 0.179. The highest BCUT2D eigenvalue weighted by molar-refractivity contribution is 7.07. The van der Waals surface area contributed by atoms with Crippen molar-refractivity contribution in [2.75, 3.05) is 14.2 Å². The standard InChI is InChI=1S/C28H23N3O6S/c1-15-24(16(2)32)26(25-19-8-6-5-7-18(19)10-12-22(25)37-4)30-27(33)23(38-28(30)29-15)14-17-9-11-21(36-3)20(13-17)31(34)35/h5-14,26H,1-4H3. The number of thiazole rings is 1. The SMILES string of the molecule is COc1ccc(C=c2sc3n(c2=O)C(c2c(OC)ccc4ccccc24)C(C(C)=O)=C(C)N=3)cc1[N+](=O)[O-]. The summed E-state index contributed by atoms with van der Waals surface area (Å²) in [5.41, 5.74) is 1.51. The number of methoxy groups -OCH3 is 2. The Bertz CT molecular complexity index is 1850. The molecule has 0 fully saturated rings. The van der Waals surface area contributed by atoms with Gasteiger partial charge in [0.2, 0.25) is 0 Å². The molecule has 0 saturated heterocycles. The lowest BCUT2D eigenvalue weighted by Crippen LogP contribution is -2.39. The molecule has 2 heterocycles. The Balaban J connectivity index is 1.81. The Labute approximate surface area is 220 Å². The molecule has 4 aromatic rings. The summed E-state index contributed by atoms with van der Waals surface area (Å²) in [6.45, 7) is 3.22. The van der Waals surface area contributed by atoms with Crippen molar-refractivity contribution in [1.82, 2.24) is 4.57 Å². The van der Waals surface area contributed by atoms with Gasteiger partial charge in [0.25, 0.3) is 5.56 Å². The Morgan fingerprint density at radius 3 is 2.50 bits per heavy atom. The average Bonchev–Trinajstić information content (AvgIpc) is 3.20. The topological polar surface area (TPSA) is 113 Å². The predicted molar refractivity (Wildman–Crippen MR) is 145 cm³/mol. The minimum absolute atomic E-state index is 0.124. The molecule has 0 amide bonds. The van der Waals surface area contributed by atoms with Crippen LogP contribution in [0.15, 0.2) is 75.7 Å². The van der Waals surface area contributed by atoms with Gasteiger partial charge in [0.05, 0.1) is 29.7 Å². The minimum atomic E-state index is -0.767. The van der Waals surface area contributed by atoms with Gasteiger partial charge in [-0.15, -0.1) is 0 Å². The van der Waals surface area contributed by atoms with Gasteiger partial charge in [0.1, 0.15) is 5.75 Å². The molecule has 38 heavy (non-hydrogen) atoms. The van der Waals surface area contributed by atoms with E-state index in [0.29, 0.717) is 37.5 Å². The molecule has 0 aliphatic carbocycles. The van der Waals surface area contributed by atoms with Crippen LogP contribution in [0.4, 0.5) is 5.69 Å². The van der Waals surface area contributed by atoms with E-state index in [-0.39, 0.29) is 22.8 Å². The van der Waals surface area contributed by atoms with Crippen LogP contribution in [-0.2, 0) is 4.79 Å². The Kier molecular flexibility index (Phi) is 6.41. The lowest BCUT2D eigenvalue weighted by molar-refractivity contribution is -0.385. The molecule has 0 spiro atoms. The number of nitro benzene ring substituents is 1. The molecule has 0 bridgehead atoms. The molecule has 3 aromatic carbocycles. The van der Waals surface area contributed by atoms with Crippen LogP contribution < -0.4 is 24.4 Å². The van der Waals surface area contributed by atoms with E-state index in [0.717, 1.165) is 22.1 Å². The van der Waals surface area contributed by atoms with Crippen molar-refractivity contribution in [3.8, 4) is 11.5 Å². The lowest BCUT2D eigenvalue weighted by Gasteiger charge is -2.27. The number of fused-ring (bicyclic) bond motifs is 2. The van der Waals surface area contributed by atoms with Crippen molar-refractivity contribution in [2.45, 2.75) is 19.9 Å². The van der Waals surface area contributed by atoms with Crippen molar-refractivity contribution in [1.29, 1.82) is 0 Å². The van der Waals surface area contributed by atoms with E-state index in [9.17, 15) is 19.7 Å². The first-order valence-electron chi connectivity index (χ1n) is 11.7. The van der Waals surface area contributed by atoms with Gasteiger partial charge in [0.15, 0.2) is 16.3 Å². The van der Waals surface area contributed by atoms with Gasteiger partial charge < -0.3 is 9.47 Å². The lowest BCUT2D eigenvalue weighted by atomic mass is 9.89. The molecule has 192 valence electrons. The number of benzene rings is 3. The van der Waals surface area contributed by atoms with Crippen LogP contribution in [0.25, 0.3) is 16.8 Å². The number of carbonyl (C=O) groups excluding carboxylic acids is 1. The Hall–Kier alpha value is -4.57. The van der Waals surface area contributed by atoms with E-state index in [1.165, 1.54) is 30.7 Å². The van der Waals surface area contributed by atoms with Gasteiger partial charge in [0, 0.05) is 22.9 Å². The van der Waals surface area contributed by atoms with Crippen LogP contribution in [0.1, 0.15) is 31.0 Å². The quantitative estimate of drug-likeness (QED) is 0.277. The van der Waals surface area contributed by atoms with Crippen molar-refractivity contribution in [2.24, 2.45) is 4.99 Å². The first-order chi connectivity index (χ1) is 18.2. The average molecular weight is 530 g/mol. The molecule has 1 aliphatic heterocycles. The molecule has 0 saturated carbocycles. The Morgan fingerprint density at radius 2 is 1.82 bits per heavy atom. The number of allylic oxidation sites excluding steroid dienone is 2. The molecule has 5 rings (SSSR count). The highest BCUT2D eigenvalue weighted by Gasteiger charge is 2.33. The smallest absolute Gasteiger partial charge is 0.311 e. The fourth-order valence-electron chi connectivity index (χ4n) is 4.87. The zero-order chi connectivity index (χ0) is 27.1. The first kappa shape index (κ1) is 25.1. The maximum absolute atomic E-state index is 13.9. The fourth-order valence-corrected chi connectivity index (χ4v) is 5.92. The first-order valence-corrected chi connectivity index (χ1v) is 12.5. The molecular weight excluding hydrogens is 506 g/mol. The number of nitro groups is 1. The second kappa shape index (κ2) is 9.71. The zero-order valence-corrected chi connectivity index (χ0v) is 21.9. The monoisotopic (exact) mass is 529 g/mol. The number of hydrogen-bond acceptors (Lipinski definition) is 8. The third-order valence-corrected chi connectivity index (χ3v) is 7.51. The predicted octanol–water partition coefficient (Wildman–Crippen LogP) is 3.90. The minimum Gasteiger partial charge on any atom is -0.496 e. The highest BCUT2D eigenvalue weighted by atomic mass is 32.1. The molecule has 0 N–H and O–H groups in total. The number of aromatic nitrogens is 1. The summed E-state index contributed by atoms with van der Waals surface area (Å²) in [5.74, 6) is 0.465. The molecule has 1 aliphatic rings. The van der Waals surface area contributed by atoms with Crippen LogP contribution in [0.3, 0.4) is 0 Å². The van der Waals surface area contributed by atoms with Gasteiger partial charge in [-0.3, -0.25) is 24.3 Å². The van der Waals surface area contributed by atoms with Gasteiger partial charge in [-0.05, 0) is 48.4 Å². The van der Waals surface area contributed by atoms with E-state index < -0.39 is 11.0 Å². The number of carbonyl (C=O) groups is 1. The van der Waals surface area contributed by atoms with E-state index >= 15 is 0 Å². The molecule has 10 heteroatoms. The maximum Gasteiger partial charge on any atom is 0.311 e. The summed E-state index contributed by atoms with van der Waals surface area (Å²) in [6.07, 6.45) is 1.58. The largest absolute Gasteiger partial charge is 0.496 e. The summed E-state index contributed by atoms with van der Waals surface area (Å²) < 4.78 is 12.6. The van der Waals surface area contributed by atoms with Crippen molar-refractivity contribution >= 4 is 39.7 Å². The highest BCUT2D eigenvalue weighted by Crippen LogP contribution is 2.40.